The van der Waals surface area contributed by atoms with Gasteiger partial charge in [-0.05, 0) is 61.9 Å². The molecule has 0 saturated carbocycles. The van der Waals surface area contributed by atoms with Crippen LogP contribution in [0.3, 0.4) is 0 Å². The summed E-state index contributed by atoms with van der Waals surface area (Å²) in [7, 11) is 1.54. The van der Waals surface area contributed by atoms with E-state index in [9.17, 15) is 9.59 Å². The number of aromatic nitrogens is 2. The first kappa shape index (κ1) is 23.3. The van der Waals surface area contributed by atoms with Crippen LogP contribution in [0.2, 0.25) is 5.02 Å². The van der Waals surface area contributed by atoms with Gasteiger partial charge in [-0.15, -0.1) is 0 Å². The summed E-state index contributed by atoms with van der Waals surface area (Å²) in [5, 5.41) is 10.4. The number of hydrogen-bond acceptors (Lipinski definition) is 5. The fourth-order valence-corrected chi connectivity index (χ4v) is 3.94. The first-order chi connectivity index (χ1) is 16.3. The number of benzene rings is 2. The third kappa shape index (κ3) is 4.61. The second-order valence-electron chi connectivity index (χ2n) is 7.85. The number of aliphatic carboxylic acids is 1. The van der Waals surface area contributed by atoms with Crippen molar-refractivity contribution in [2.24, 2.45) is 0 Å². The molecule has 0 bridgehead atoms. The highest BCUT2D eigenvalue weighted by Gasteiger charge is 2.23. The van der Waals surface area contributed by atoms with Gasteiger partial charge in [0.15, 0.2) is 11.9 Å². The van der Waals surface area contributed by atoms with Gasteiger partial charge in [0, 0.05) is 34.3 Å². The molecule has 0 radical (unpaired) electrons. The van der Waals surface area contributed by atoms with Crippen LogP contribution in [-0.2, 0) is 11.3 Å². The number of carbonyl (C=O) groups excluding carboxylic acids is 1. The molecule has 34 heavy (non-hydrogen) atoms. The molecule has 1 atom stereocenters. The highest BCUT2D eigenvalue weighted by atomic mass is 35.5. The van der Waals surface area contributed by atoms with Crippen molar-refractivity contribution in [2.75, 3.05) is 7.11 Å². The van der Waals surface area contributed by atoms with Crippen molar-refractivity contribution in [3.05, 3.63) is 88.1 Å². The fraction of sp³-hybridized carbons (Fsp3) is 0.192. The average Bonchev–Trinajstić information content (AvgIpc) is 3.09. The maximum absolute atomic E-state index is 13.5. The lowest BCUT2D eigenvalue weighted by molar-refractivity contribution is -0.144. The molecule has 1 N–H and O–H groups in total. The summed E-state index contributed by atoms with van der Waals surface area (Å²) < 4.78 is 12.8. The molecule has 4 rings (SSSR count). The van der Waals surface area contributed by atoms with E-state index in [0.717, 1.165) is 11.3 Å². The molecule has 7 nitrogen and oxygen atoms in total. The van der Waals surface area contributed by atoms with Gasteiger partial charge in [0.2, 0.25) is 5.88 Å². The Labute approximate surface area is 201 Å². The number of ketones is 1. The van der Waals surface area contributed by atoms with Gasteiger partial charge in [0.1, 0.15) is 11.4 Å². The average molecular weight is 479 g/mol. The predicted octanol–water partition coefficient (Wildman–Crippen LogP) is 5.14. The lowest BCUT2D eigenvalue weighted by Crippen LogP contribution is -2.22. The summed E-state index contributed by atoms with van der Waals surface area (Å²) in [6.07, 6.45) is -0.973. The van der Waals surface area contributed by atoms with Crippen LogP contribution in [0.4, 0.5) is 0 Å². The molecule has 0 spiro atoms. The number of hydrogen-bond donors (Lipinski definition) is 1. The molecule has 0 saturated heterocycles. The monoisotopic (exact) mass is 478 g/mol. The number of pyridine rings is 1. The van der Waals surface area contributed by atoms with Crippen LogP contribution in [0.25, 0.3) is 11.0 Å². The van der Waals surface area contributed by atoms with Gasteiger partial charge < -0.3 is 19.1 Å². The van der Waals surface area contributed by atoms with Crippen molar-refractivity contribution in [3.8, 4) is 11.6 Å². The second kappa shape index (κ2) is 9.57. The smallest absolute Gasteiger partial charge is 0.344 e. The molecule has 2 aromatic heterocycles. The van der Waals surface area contributed by atoms with Crippen LogP contribution >= 0.6 is 11.6 Å². The first-order valence-electron chi connectivity index (χ1n) is 10.6. The van der Waals surface area contributed by atoms with E-state index < -0.39 is 12.1 Å². The van der Waals surface area contributed by atoms with Crippen molar-refractivity contribution < 1.29 is 24.2 Å². The topological polar surface area (TPSA) is 90.7 Å². The van der Waals surface area contributed by atoms with Gasteiger partial charge in [-0.1, -0.05) is 23.7 Å². The Morgan fingerprint density at radius 1 is 1.12 bits per heavy atom. The van der Waals surface area contributed by atoms with Gasteiger partial charge in [-0.2, -0.15) is 4.98 Å². The van der Waals surface area contributed by atoms with E-state index in [4.69, 9.17) is 26.2 Å². The SMILES string of the molecule is COc1ccc2c(C(=O)c3ccc(Cl)cc3)c(C)n(Cc3cccc(OC(C)C(=O)O)c3)c2n1. The molecule has 2 heterocycles. The highest BCUT2D eigenvalue weighted by Crippen LogP contribution is 2.30. The molecule has 0 aliphatic carbocycles. The summed E-state index contributed by atoms with van der Waals surface area (Å²) in [5.41, 5.74) is 3.31. The molecule has 174 valence electrons. The number of nitrogens with zero attached hydrogens (tertiary/aromatic N) is 2. The Morgan fingerprint density at radius 3 is 2.53 bits per heavy atom. The first-order valence-corrected chi connectivity index (χ1v) is 11.0. The van der Waals surface area contributed by atoms with E-state index >= 15 is 0 Å². The molecule has 1 unspecified atom stereocenters. The lowest BCUT2D eigenvalue weighted by Gasteiger charge is -2.13. The number of rotatable bonds is 8. The zero-order valence-corrected chi connectivity index (χ0v) is 19.7. The Balaban J connectivity index is 1.79. The molecular formula is C26H23ClN2O5. The minimum atomic E-state index is -1.04. The van der Waals surface area contributed by atoms with Gasteiger partial charge >= 0.3 is 5.97 Å². The van der Waals surface area contributed by atoms with Crippen molar-refractivity contribution in [1.29, 1.82) is 0 Å². The third-order valence-corrected chi connectivity index (χ3v) is 5.84. The summed E-state index contributed by atoms with van der Waals surface area (Å²) >= 11 is 6.00. The highest BCUT2D eigenvalue weighted by molar-refractivity contribution is 6.30. The van der Waals surface area contributed by atoms with Gasteiger partial charge in [0.25, 0.3) is 0 Å². The normalized spacial score (nSPS) is 11.9. The number of methoxy groups -OCH3 is 1. The van der Waals surface area contributed by atoms with Gasteiger partial charge in [-0.25, -0.2) is 4.79 Å². The van der Waals surface area contributed by atoms with E-state index in [-0.39, 0.29) is 5.78 Å². The quantitative estimate of drug-likeness (QED) is 0.353. The maximum Gasteiger partial charge on any atom is 0.344 e. The molecule has 0 amide bonds. The molecule has 8 heteroatoms. The van der Waals surface area contributed by atoms with Crippen LogP contribution in [0.1, 0.15) is 34.1 Å². The number of carboxylic acid groups (broad SMARTS) is 1. The molecule has 2 aromatic carbocycles. The van der Waals surface area contributed by atoms with Crippen LogP contribution in [0.5, 0.6) is 11.6 Å². The predicted molar refractivity (Wildman–Crippen MR) is 129 cm³/mol. The summed E-state index contributed by atoms with van der Waals surface area (Å²) in [6.45, 7) is 3.75. The summed E-state index contributed by atoms with van der Waals surface area (Å²) in [5.74, 6) is -0.287. The third-order valence-electron chi connectivity index (χ3n) is 5.58. The van der Waals surface area contributed by atoms with E-state index in [1.54, 1.807) is 55.6 Å². The summed E-state index contributed by atoms with van der Waals surface area (Å²) in [4.78, 5) is 29.2. The maximum atomic E-state index is 13.5. The number of ether oxygens (including phenoxy) is 2. The zero-order chi connectivity index (χ0) is 24.4. The minimum Gasteiger partial charge on any atom is -0.481 e. The van der Waals surface area contributed by atoms with Crippen LogP contribution in [-0.4, -0.2) is 39.6 Å². The van der Waals surface area contributed by atoms with Crippen molar-refractivity contribution >= 4 is 34.4 Å². The van der Waals surface area contributed by atoms with Crippen LogP contribution in [0.15, 0.2) is 60.7 Å². The molecular weight excluding hydrogens is 456 g/mol. The minimum absolute atomic E-state index is 0.128. The molecule has 0 aliphatic rings. The Morgan fingerprint density at radius 2 is 1.85 bits per heavy atom. The molecule has 4 aromatic rings. The van der Waals surface area contributed by atoms with Crippen molar-refractivity contribution in [2.45, 2.75) is 26.5 Å². The summed E-state index contributed by atoms with van der Waals surface area (Å²) in [6, 6.07) is 17.5. The Kier molecular flexibility index (Phi) is 6.56. The second-order valence-corrected chi connectivity index (χ2v) is 8.29. The number of fused-ring (bicyclic) bond motifs is 1. The molecule has 0 fully saturated rings. The van der Waals surface area contributed by atoms with E-state index in [1.807, 2.05) is 23.6 Å². The lowest BCUT2D eigenvalue weighted by atomic mass is 10.0. The number of carbonyl (C=O) groups is 2. The number of halogens is 1. The standard InChI is InChI=1S/C26H23ClN2O5/c1-15-23(24(30)18-7-9-19(27)10-8-18)21-11-12-22(33-3)28-25(21)29(15)14-17-5-4-6-20(13-17)34-16(2)26(31)32/h4-13,16H,14H2,1-3H3,(H,31,32). The zero-order valence-electron chi connectivity index (χ0n) is 18.9. The van der Waals surface area contributed by atoms with Gasteiger partial charge in [0.05, 0.1) is 12.7 Å². The Hall–Kier alpha value is -3.84. The van der Waals surface area contributed by atoms with Crippen molar-refractivity contribution in [3.63, 3.8) is 0 Å². The largest absolute Gasteiger partial charge is 0.481 e. The fourth-order valence-electron chi connectivity index (χ4n) is 3.81. The number of carboxylic acids is 1. The van der Waals surface area contributed by atoms with E-state index in [2.05, 4.69) is 4.98 Å². The van der Waals surface area contributed by atoms with Crippen LogP contribution < -0.4 is 9.47 Å². The molecule has 0 aliphatic heterocycles. The Bertz CT molecular complexity index is 1380. The van der Waals surface area contributed by atoms with Crippen molar-refractivity contribution in [1.82, 2.24) is 9.55 Å². The van der Waals surface area contributed by atoms with Crippen LogP contribution in [0, 0.1) is 6.92 Å². The van der Waals surface area contributed by atoms with Gasteiger partial charge in [-0.3, -0.25) is 4.79 Å². The van der Waals surface area contributed by atoms with E-state index in [0.29, 0.717) is 45.4 Å². The van der Waals surface area contributed by atoms with E-state index in [1.165, 1.54) is 6.92 Å².